The number of methoxy groups -OCH3 is 1. The molecular weight excluding hydrogens is 503 g/mol. The summed E-state index contributed by atoms with van der Waals surface area (Å²) in [6, 6.07) is 6.94. The summed E-state index contributed by atoms with van der Waals surface area (Å²) in [5.41, 5.74) is 2.75. The van der Waals surface area contributed by atoms with Gasteiger partial charge in [0.15, 0.2) is 0 Å². The lowest BCUT2D eigenvalue weighted by molar-refractivity contribution is 0.119. The maximum absolute atomic E-state index is 14.9. The molecule has 1 N–H and O–H groups in total. The van der Waals surface area contributed by atoms with Crippen molar-refractivity contribution in [3.8, 4) is 17.8 Å². The number of carboxylic acid groups (broad SMARTS) is 1. The minimum atomic E-state index is -1.03. The number of likely N-dealkylation sites (N-methyl/N-ethyl adjacent to an activating group) is 1. The van der Waals surface area contributed by atoms with Crippen LogP contribution in [0.1, 0.15) is 42.5 Å². The Bertz CT molecular complexity index is 1310. The number of piperazine rings is 1. The third-order valence-electron chi connectivity index (χ3n) is 7.90. The van der Waals surface area contributed by atoms with E-state index in [1.165, 1.54) is 18.1 Å². The molecule has 11 heteroatoms. The highest BCUT2D eigenvalue weighted by molar-refractivity contribution is 5.87. The molecule has 1 amide bonds. The van der Waals surface area contributed by atoms with Gasteiger partial charge in [0, 0.05) is 31.2 Å². The van der Waals surface area contributed by atoms with Crippen molar-refractivity contribution in [1.29, 1.82) is 5.26 Å². The summed E-state index contributed by atoms with van der Waals surface area (Å²) in [5.74, 6) is 0.783. The summed E-state index contributed by atoms with van der Waals surface area (Å²) < 4.78 is 26.5. The Morgan fingerprint density at radius 2 is 2.08 bits per heavy atom. The fraction of sp³-hybridized carbons (Fsp3) is 0.500. The highest BCUT2D eigenvalue weighted by Gasteiger charge is 2.33. The van der Waals surface area contributed by atoms with E-state index in [0.29, 0.717) is 55.4 Å². The number of nitriles is 1. The predicted octanol–water partition coefficient (Wildman–Crippen LogP) is 3.67. The van der Waals surface area contributed by atoms with E-state index in [0.717, 1.165) is 30.5 Å². The van der Waals surface area contributed by atoms with Crippen LogP contribution in [0.3, 0.4) is 0 Å². The molecule has 3 heterocycles. The number of allylic oxidation sites excluding steroid dienone is 1. The van der Waals surface area contributed by atoms with Crippen LogP contribution in [0.4, 0.5) is 15.0 Å². The molecule has 2 aromatic rings. The van der Waals surface area contributed by atoms with Crippen molar-refractivity contribution in [2.24, 2.45) is 0 Å². The van der Waals surface area contributed by atoms with Gasteiger partial charge in [0.05, 0.1) is 36.9 Å². The van der Waals surface area contributed by atoms with Crippen LogP contribution >= 0.6 is 0 Å². The Hall–Kier alpha value is -3.91. The first kappa shape index (κ1) is 26.7. The van der Waals surface area contributed by atoms with Crippen LogP contribution in [0.5, 0.6) is 11.8 Å². The van der Waals surface area contributed by atoms with E-state index in [-0.39, 0.29) is 30.8 Å². The topological polar surface area (TPSA) is 115 Å². The van der Waals surface area contributed by atoms with Gasteiger partial charge in [-0.2, -0.15) is 15.2 Å². The highest BCUT2D eigenvalue weighted by atomic mass is 19.1. The number of rotatable bonds is 7. The fourth-order valence-electron chi connectivity index (χ4n) is 5.77. The largest absolute Gasteiger partial charge is 0.496 e. The minimum Gasteiger partial charge on any atom is -0.496 e. The SMILES string of the molecule is COc1cccc(F)c1C1=Cc2nc(OCC3CCCN3C)nc(N3CCN(C(=O)O)C(CC#N)C3)c2CC1. The maximum Gasteiger partial charge on any atom is 0.407 e. The zero-order chi connectivity index (χ0) is 27.5. The Balaban J connectivity index is 1.52. The van der Waals surface area contributed by atoms with Gasteiger partial charge in [0.25, 0.3) is 0 Å². The van der Waals surface area contributed by atoms with E-state index in [4.69, 9.17) is 19.4 Å². The van der Waals surface area contributed by atoms with Gasteiger partial charge in [-0.25, -0.2) is 9.18 Å². The molecule has 2 atom stereocenters. The number of halogens is 1. The molecule has 0 spiro atoms. The average Bonchev–Trinajstić information content (AvgIpc) is 3.35. The van der Waals surface area contributed by atoms with Crippen LogP contribution in [0.15, 0.2) is 18.2 Å². The standard InChI is InChI=1S/C28H33FN6O4/c1-33-12-4-5-20(33)17-39-27-31-23-15-18(25-22(29)6-3-7-24(25)38-2)8-9-21(23)26(32-27)34-13-14-35(28(36)37)19(16-34)10-11-30/h3,6-7,15,19-20H,4-5,8-10,12-14,16-17H2,1-2H3,(H,36,37). The van der Waals surface area contributed by atoms with Gasteiger partial charge in [-0.1, -0.05) is 6.07 Å². The van der Waals surface area contributed by atoms with Gasteiger partial charge in [-0.05, 0) is 63.1 Å². The predicted molar refractivity (Wildman–Crippen MR) is 143 cm³/mol. The zero-order valence-electron chi connectivity index (χ0n) is 22.3. The van der Waals surface area contributed by atoms with E-state index >= 15 is 0 Å². The minimum absolute atomic E-state index is 0.0879. The summed E-state index contributed by atoms with van der Waals surface area (Å²) in [4.78, 5) is 26.9. The lowest BCUT2D eigenvalue weighted by Crippen LogP contribution is -2.55. The first-order valence-corrected chi connectivity index (χ1v) is 13.3. The maximum atomic E-state index is 14.9. The summed E-state index contributed by atoms with van der Waals surface area (Å²) in [6.07, 6.45) is 4.22. The number of fused-ring (bicyclic) bond motifs is 1. The van der Waals surface area contributed by atoms with Crippen molar-refractivity contribution >= 4 is 23.6 Å². The lowest BCUT2D eigenvalue weighted by atomic mass is 9.90. The molecule has 0 saturated carbocycles. The van der Waals surface area contributed by atoms with Crippen molar-refractivity contribution < 1.29 is 23.8 Å². The second-order valence-electron chi connectivity index (χ2n) is 10.2. The second-order valence-corrected chi connectivity index (χ2v) is 10.2. The third-order valence-corrected chi connectivity index (χ3v) is 7.90. The summed E-state index contributed by atoms with van der Waals surface area (Å²) >= 11 is 0. The lowest BCUT2D eigenvalue weighted by Gasteiger charge is -2.40. The summed E-state index contributed by atoms with van der Waals surface area (Å²) in [6.45, 7) is 2.51. The van der Waals surface area contributed by atoms with E-state index in [1.54, 1.807) is 12.1 Å². The number of hydrogen-bond acceptors (Lipinski definition) is 8. The molecule has 2 fully saturated rings. The average molecular weight is 537 g/mol. The van der Waals surface area contributed by atoms with Crippen LogP contribution in [0, 0.1) is 17.1 Å². The monoisotopic (exact) mass is 536 g/mol. The number of hydrogen-bond donors (Lipinski definition) is 1. The van der Waals surface area contributed by atoms with Crippen molar-refractivity contribution in [2.75, 3.05) is 51.8 Å². The zero-order valence-corrected chi connectivity index (χ0v) is 22.3. The van der Waals surface area contributed by atoms with Crippen LogP contribution in [-0.2, 0) is 6.42 Å². The Morgan fingerprint density at radius 3 is 2.79 bits per heavy atom. The van der Waals surface area contributed by atoms with E-state index in [9.17, 15) is 19.6 Å². The number of likely N-dealkylation sites (tertiary alicyclic amines) is 1. The van der Waals surface area contributed by atoms with Crippen molar-refractivity contribution in [3.05, 3.63) is 40.8 Å². The van der Waals surface area contributed by atoms with Crippen LogP contribution < -0.4 is 14.4 Å². The number of nitrogens with zero attached hydrogens (tertiary/aromatic N) is 6. The number of ether oxygens (including phenoxy) is 2. The molecule has 0 radical (unpaired) electrons. The van der Waals surface area contributed by atoms with Crippen LogP contribution in [-0.4, -0.2) is 90.0 Å². The molecule has 2 aliphatic heterocycles. The smallest absolute Gasteiger partial charge is 0.407 e. The van der Waals surface area contributed by atoms with Gasteiger partial charge in [0.1, 0.15) is 24.0 Å². The molecule has 1 aromatic carbocycles. The van der Waals surface area contributed by atoms with E-state index in [1.807, 2.05) is 11.0 Å². The molecule has 0 bridgehead atoms. The molecule has 3 aliphatic rings. The summed E-state index contributed by atoms with van der Waals surface area (Å²) in [7, 11) is 3.60. The van der Waals surface area contributed by atoms with Crippen molar-refractivity contribution in [1.82, 2.24) is 19.8 Å². The van der Waals surface area contributed by atoms with Crippen LogP contribution in [0.2, 0.25) is 0 Å². The fourth-order valence-corrected chi connectivity index (χ4v) is 5.77. The quantitative estimate of drug-likeness (QED) is 0.566. The van der Waals surface area contributed by atoms with E-state index < -0.39 is 12.1 Å². The molecule has 2 unspecified atom stereocenters. The number of carbonyl (C=O) groups is 1. The van der Waals surface area contributed by atoms with Crippen molar-refractivity contribution in [2.45, 2.75) is 44.2 Å². The molecular formula is C28H33FN6O4. The van der Waals surface area contributed by atoms with Gasteiger partial charge in [-0.3, -0.25) is 0 Å². The molecule has 206 valence electrons. The number of amides is 1. The van der Waals surface area contributed by atoms with Crippen LogP contribution in [0.25, 0.3) is 11.6 Å². The van der Waals surface area contributed by atoms with Gasteiger partial charge < -0.3 is 29.3 Å². The Morgan fingerprint density at radius 1 is 1.23 bits per heavy atom. The molecule has 10 nitrogen and oxygen atoms in total. The summed E-state index contributed by atoms with van der Waals surface area (Å²) in [5, 5.41) is 18.9. The number of anilines is 1. The first-order chi connectivity index (χ1) is 18.9. The number of aromatic nitrogens is 2. The van der Waals surface area contributed by atoms with Gasteiger partial charge in [-0.15, -0.1) is 0 Å². The molecule has 2 saturated heterocycles. The highest BCUT2D eigenvalue weighted by Crippen LogP contribution is 2.39. The van der Waals surface area contributed by atoms with Crippen molar-refractivity contribution in [3.63, 3.8) is 0 Å². The van der Waals surface area contributed by atoms with Gasteiger partial charge in [0.2, 0.25) is 0 Å². The first-order valence-electron chi connectivity index (χ1n) is 13.3. The molecule has 5 rings (SSSR count). The van der Waals surface area contributed by atoms with E-state index in [2.05, 4.69) is 18.0 Å². The molecule has 1 aromatic heterocycles. The number of benzene rings is 1. The Kier molecular flexibility index (Phi) is 7.84. The second kappa shape index (κ2) is 11.5. The molecule has 39 heavy (non-hydrogen) atoms. The third kappa shape index (κ3) is 5.47. The van der Waals surface area contributed by atoms with Gasteiger partial charge >= 0.3 is 12.1 Å². The molecule has 1 aliphatic carbocycles. The normalized spacial score (nSPS) is 21.2. The Labute approximate surface area is 227 Å².